The van der Waals surface area contributed by atoms with E-state index in [0.29, 0.717) is 0 Å². The van der Waals surface area contributed by atoms with Gasteiger partial charge < -0.3 is 15.2 Å². The average Bonchev–Trinajstić information content (AvgIpc) is 2.40. The van der Waals surface area contributed by atoms with Crippen LogP contribution in [0.5, 0.6) is 0 Å². The summed E-state index contributed by atoms with van der Waals surface area (Å²) in [4.78, 5) is 0. The Morgan fingerprint density at radius 2 is 1.88 bits per heavy atom. The maximum absolute atomic E-state index is 8.84. The third kappa shape index (κ3) is 4.02. The van der Waals surface area contributed by atoms with E-state index in [1.165, 1.54) is 5.56 Å². The van der Waals surface area contributed by atoms with Gasteiger partial charge in [0.1, 0.15) is 0 Å². The van der Waals surface area contributed by atoms with E-state index in [1.54, 1.807) is 0 Å². The number of aliphatic hydroxyl groups excluding tert-OH is 1. The highest BCUT2D eigenvalue weighted by molar-refractivity contribution is 5.44. The summed E-state index contributed by atoms with van der Waals surface area (Å²) in [5, 5.41) is 12.3. The van der Waals surface area contributed by atoms with Gasteiger partial charge in [0.15, 0.2) is 0 Å². The largest absolute Gasteiger partial charge is 0.396 e. The molecule has 1 aromatic carbocycles. The van der Waals surface area contributed by atoms with E-state index in [1.807, 2.05) is 0 Å². The number of hydrogen-bond donors (Lipinski definition) is 2. The molecule has 2 rings (SSSR count). The summed E-state index contributed by atoms with van der Waals surface area (Å²) < 4.78 is 5.34. The van der Waals surface area contributed by atoms with Crippen LogP contribution in [0.4, 0.5) is 5.69 Å². The molecular weight excluding hydrogens is 214 g/mol. The number of anilines is 1. The average molecular weight is 235 g/mol. The standard InChI is InChI=1S/C14H21NO2/c16-8-5-12-1-3-14(4-2-12)15-11-13-6-9-17-10-7-13/h1-4,13,15-16H,5-11H2. The smallest absolute Gasteiger partial charge is 0.0471 e. The predicted octanol–water partition coefficient (Wildman–Crippen LogP) is 2.06. The number of hydrogen-bond acceptors (Lipinski definition) is 3. The number of rotatable bonds is 5. The lowest BCUT2D eigenvalue weighted by molar-refractivity contribution is 0.0699. The van der Waals surface area contributed by atoms with Crippen LogP contribution in [0, 0.1) is 5.92 Å². The molecule has 0 unspecified atom stereocenters. The summed E-state index contributed by atoms with van der Waals surface area (Å²) in [6.45, 7) is 3.06. The summed E-state index contributed by atoms with van der Waals surface area (Å²) in [6, 6.07) is 8.32. The second-order valence-electron chi connectivity index (χ2n) is 4.61. The molecule has 1 saturated heterocycles. The normalized spacial score (nSPS) is 17.0. The molecule has 1 aliphatic rings. The van der Waals surface area contributed by atoms with Crippen molar-refractivity contribution in [2.24, 2.45) is 5.92 Å². The van der Waals surface area contributed by atoms with Gasteiger partial charge in [0.25, 0.3) is 0 Å². The SMILES string of the molecule is OCCc1ccc(NCC2CCOCC2)cc1. The van der Waals surface area contributed by atoms with Gasteiger partial charge >= 0.3 is 0 Å². The Labute approximate surface area is 103 Å². The molecule has 0 aliphatic carbocycles. The van der Waals surface area contributed by atoms with E-state index in [-0.39, 0.29) is 6.61 Å². The fraction of sp³-hybridized carbons (Fsp3) is 0.571. The number of nitrogens with one attached hydrogen (secondary N) is 1. The molecule has 3 heteroatoms. The molecule has 0 bridgehead atoms. The minimum absolute atomic E-state index is 0.217. The van der Waals surface area contributed by atoms with E-state index >= 15 is 0 Å². The van der Waals surface area contributed by atoms with Gasteiger partial charge in [0.2, 0.25) is 0 Å². The van der Waals surface area contributed by atoms with Crippen molar-refractivity contribution in [3.8, 4) is 0 Å². The van der Waals surface area contributed by atoms with Crippen molar-refractivity contribution in [3.63, 3.8) is 0 Å². The van der Waals surface area contributed by atoms with Crippen LogP contribution in [0.1, 0.15) is 18.4 Å². The molecule has 0 spiro atoms. The Morgan fingerprint density at radius 3 is 2.53 bits per heavy atom. The zero-order valence-electron chi connectivity index (χ0n) is 10.2. The van der Waals surface area contributed by atoms with Crippen LogP contribution in [0.25, 0.3) is 0 Å². The molecule has 0 saturated carbocycles. The van der Waals surface area contributed by atoms with Gasteiger partial charge in [-0.2, -0.15) is 0 Å². The quantitative estimate of drug-likeness (QED) is 0.821. The second-order valence-corrected chi connectivity index (χ2v) is 4.61. The molecule has 0 radical (unpaired) electrons. The van der Waals surface area contributed by atoms with Gasteiger partial charge in [0.05, 0.1) is 0 Å². The van der Waals surface area contributed by atoms with Crippen molar-refractivity contribution in [1.82, 2.24) is 0 Å². The van der Waals surface area contributed by atoms with Crippen LogP contribution >= 0.6 is 0 Å². The predicted molar refractivity (Wildman–Crippen MR) is 69.3 cm³/mol. The lowest BCUT2D eigenvalue weighted by Gasteiger charge is -2.22. The molecule has 0 aromatic heterocycles. The summed E-state index contributed by atoms with van der Waals surface area (Å²) in [5.74, 6) is 0.737. The second kappa shape index (κ2) is 6.62. The monoisotopic (exact) mass is 235 g/mol. The zero-order valence-corrected chi connectivity index (χ0v) is 10.2. The van der Waals surface area contributed by atoms with Crippen LogP contribution in [0.2, 0.25) is 0 Å². The highest BCUT2D eigenvalue weighted by Gasteiger charge is 2.12. The Bertz CT molecular complexity index is 317. The number of benzene rings is 1. The zero-order chi connectivity index (χ0) is 11.9. The lowest BCUT2D eigenvalue weighted by atomic mass is 10.0. The van der Waals surface area contributed by atoms with Gasteiger partial charge in [-0.15, -0.1) is 0 Å². The summed E-state index contributed by atoms with van der Waals surface area (Å²) in [6.07, 6.45) is 3.06. The fourth-order valence-electron chi connectivity index (χ4n) is 2.13. The Hall–Kier alpha value is -1.06. The summed E-state index contributed by atoms with van der Waals surface area (Å²) in [5.41, 5.74) is 2.35. The summed E-state index contributed by atoms with van der Waals surface area (Å²) in [7, 11) is 0. The molecule has 0 amide bonds. The van der Waals surface area contributed by atoms with E-state index < -0.39 is 0 Å². The topological polar surface area (TPSA) is 41.5 Å². The van der Waals surface area contributed by atoms with Gasteiger partial charge in [-0.1, -0.05) is 12.1 Å². The van der Waals surface area contributed by atoms with Gasteiger partial charge in [-0.05, 0) is 42.9 Å². The van der Waals surface area contributed by atoms with Gasteiger partial charge in [-0.25, -0.2) is 0 Å². The van der Waals surface area contributed by atoms with Crippen LogP contribution < -0.4 is 5.32 Å². The van der Waals surface area contributed by atoms with Crippen LogP contribution in [-0.4, -0.2) is 31.5 Å². The Kier molecular flexibility index (Phi) is 4.83. The van der Waals surface area contributed by atoms with Crippen molar-refractivity contribution < 1.29 is 9.84 Å². The van der Waals surface area contributed by atoms with Gasteiger partial charge in [-0.3, -0.25) is 0 Å². The van der Waals surface area contributed by atoms with E-state index in [0.717, 1.165) is 50.6 Å². The third-order valence-corrected chi connectivity index (χ3v) is 3.29. The molecule has 0 atom stereocenters. The van der Waals surface area contributed by atoms with E-state index in [2.05, 4.69) is 29.6 Å². The fourth-order valence-corrected chi connectivity index (χ4v) is 2.13. The maximum Gasteiger partial charge on any atom is 0.0471 e. The van der Waals surface area contributed by atoms with Crippen LogP contribution in [0.15, 0.2) is 24.3 Å². The van der Waals surface area contributed by atoms with Crippen molar-refractivity contribution in [2.45, 2.75) is 19.3 Å². The third-order valence-electron chi connectivity index (χ3n) is 3.29. The summed E-state index contributed by atoms with van der Waals surface area (Å²) >= 11 is 0. The van der Waals surface area contributed by atoms with Crippen molar-refractivity contribution >= 4 is 5.69 Å². The van der Waals surface area contributed by atoms with Crippen LogP contribution in [-0.2, 0) is 11.2 Å². The molecule has 2 N–H and O–H groups in total. The molecule has 17 heavy (non-hydrogen) atoms. The maximum atomic E-state index is 8.84. The first-order valence-electron chi connectivity index (χ1n) is 6.40. The Morgan fingerprint density at radius 1 is 1.18 bits per heavy atom. The van der Waals surface area contributed by atoms with Crippen molar-refractivity contribution in [2.75, 3.05) is 31.7 Å². The highest BCUT2D eigenvalue weighted by atomic mass is 16.5. The number of aliphatic hydroxyl groups is 1. The molecule has 1 aliphatic heterocycles. The first-order chi connectivity index (χ1) is 8.38. The van der Waals surface area contributed by atoms with Crippen LogP contribution in [0.3, 0.4) is 0 Å². The van der Waals surface area contributed by atoms with Crippen molar-refractivity contribution in [1.29, 1.82) is 0 Å². The first kappa shape index (κ1) is 12.4. The Balaban J connectivity index is 1.77. The molecule has 3 nitrogen and oxygen atoms in total. The molecule has 1 aromatic rings. The first-order valence-corrected chi connectivity index (χ1v) is 6.40. The minimum Gasteiger partial charge on any atom is -0.396 e. The van der Waals surface area contributed by atoms with E-state index in [9.17, 15) is 0 Å². The van der Waals surface area contributed by atoms with Crippen molar-refractivity contribution in [3.05, 3.63) is 29.8 Å². The highest BCUT2D eigenvalue weighted by Crippen LogP contribution is 2.16. The van der Waals surface area contributed by atoms with Gasteiger partial charge in [0, 0.05) is 32.1 Å². The molecule has 1 fully saturated rings. The number of ether oxygens (including phenoxy) is 1. The molecule has 94 valence electrons. The molecule has 1 heterocycles. The minimum atomic E-state index is 0.217. The molecular formula is C14H21NO2. The lowest BCUT2D eigenvalue weighted by Crippen LogP contribution is -2.22. The van der Waals surface area contributed by atoms with E-state index in [4.69, 9.17) is 9.84 Å².